The predicted octanol–water partition coefficient (Wildman–Crippen LogP) is 4.26. The van der Waals surface area contributed by atoms with Gasteiger partial charge in [0.25, 0.3) is 0 Å². The molecule has 1 aromatic rings. The van der Waals surface area contributed by atoms with Gasteiger partial charge in [0.1, 0.15) is 5.71 Å². The molecule has 0 aromatic heterocycles. The Morgan fingerprint density at radius 1 is 0.950 bits per heavy atom. The summed E-state index contributed by atoms with van der Waals surface area (Å²) in [6.07, 6.45) is 9.17. The molecule has 1 N–H and O–H groups in total. The number of hydrogen-bond donors (Lipinski definition) is 1. The number of rotatable bonds is 3. The summed E-state index contributed by atoms with van der Waals surface area (Å²) in [7, 11) is 0. The van der Waals surface area contributed by atoms with E-state index in [1.165, 1.54) is 37.7 Å². The summed E-state index contributed by atoms with van der Waals surface area (Å²) in [4.78, 5) is 11.5. The quantitative estimate of drug-likeness (QED) is 0.834. The van der Waals surface area contributed by atoms with Gasteiger partial charge in [0.05, 0.1) is 5.69 Å². The average Bonchev–Trinajstić information content (AvgIpc) is 2.92. The number of Topliss-reactive ketones (excluding diaryl/α,β-unsaturated/α-hetero) is 1. The molecule has 106 valence electrons. The number of hydrazone groups is 1. The summed E-state index contributed by atoms with van der Waals surface area (Å²) < 4.78 is 0. The molecule has 3 rings (SSSR count). The second-order valence-electron chi connectivity index (χ2n) is 5.90. The lowest BCUT2D eigenvalue weighted by atomic mass is 9.84. The molecule has 0 amide bonds. The lowest BCUT2D eigenvalue weighted by Crippen LogP contribution is -2.07. The van der Waals surface area contributed by atoms with Crippen molar-refractivity contribution < 1.29 is 4.79 Å². The van der Waals surface area contributed by atoms with Crippen molar-refractivity contribution in [2.75, 3.05) is 5.43 Å². The minimum atomic E-state index is 0.191. The molecule has 0 bridgehead atoms. The monoisotopic (exact) mass is 270 g/mol. The van der Waals surface area contributed by atoms with Crippen LogP contribution in [0.15, 0.2) is 29.4 Å². The van der Waals surface area contributed by atoms with Gasteiger partial charge in [-0.05, 0) is 49.3 Å². The number of benzene rings is 1. The summed E-state index contributed by atoms with van der Waals surface area (Å²) in [6.45, 7) is 0. The van der Waals surface area contributed by atoms with Crippen LogP contribution in [-0.2, 0) is 4.79 Å². The van der Waals surface area contributed by atoms with Crippen LogP contribution in [0.25, 0.3) is 0 Å². The van der Waals surface area contributed by atoms with Gasteiger partial charge in [0.2, 0.25) is 0 Å². The normalized spacial score (nSPS) is 22.4. The zero-order valence-electron chi connectivity index (χ0n) is 11.9. The standard InChI is InChI=1S/C17H22N2O/c20-17-8-4-7-16(17)19-18-15-11-9-14(10-12-15)13-5-2-1-3-6-13/h9-13,18H,1-8H2/b19-16+. The average molecular weight is 270 g/mol. The molecule has 2 aliphatic carbocycles. The van der Waals surface area contributed by atoms with E-state index in [1.807, 2.05) is 0 Å². The molecule has 2 saturated carbocycles. The number of anilines is 1. The second-order valence-corrected chi connectivity index (χ2v) is 5.90. The SMILES string of the molecule is O=C1CCC/C1=N\Nc1ccc(C2CCCCC2)cc1. The van der Waals surface area contributed by atoms with E-state index >= 15 is 0 Å². The van der Waals surface area contributed by atoms with Crippen LogP contribution in [0.4, 0.5) is 5.69 Å². The molecule has 0 aliphatic heterocycles. The van der Waals surface area contributed by atoms with Crippen molar-refractivity contribution >= 4 is 17.2 Å². The van der Waals surface area contributed by atoms with E-state index in [1.54, 1.807) is 0 Å². The van der Waals surface area contributed by atoms with Gasteiger partial charge in [0.15, 0.2) is 5.78 Å². The predicted molar refractivity (Wildman–Crippen MR) is 82.2 cm³/mol. The van der Waals surface area contributed by atoms with Crippen molar-refractivity contribution in [3.05, 3.63) is 29.8 Å². The molecule has 0 saturated heterocycles. The Balaban J connectivity index is 1.62. The van der Waals surface area contributed by atoms with Gasteiger partial charge in [0, 0.05) is 6.42 Å². The fourth-order valence-corrected chi connectivity index (χ4v) is 3.22. The Labute approximate surface area is 120 Å². The van der Waals surface area contributed by atoms with Crippen molar-refractivity contribution in [3.8, 4) is 0 Å². The van der Waals surface area contributed by atoms with Crippen molar-refractivity contribution in [1.82, 2.24) is 0 Å². The van der Waals surface area contributed by atoms with Gasteiger partial charge in [-0.15, -0.1) is 0 Å². The number of carbonyl (C=O) groups is 1. The van der Waals surface area contributed by atoms with Crippen molar-refractivity contribution in [2.45, 2.75) is 57.3 Å². The second kappa shape index (κ2) is 6.21. The van der Waals surface area contributed by atoms with Gasteiger partial charge < -0.3 is 0 Å². The number of carbonyl (C=O) groups excluding carboxylic acids is 1. The first-order valence-electron chi connectivity index (χ1n) is 7.78. The van der Waals surface area contributed by atoms with Crippen molar-refractivity contribution in [1.29, 1.82) is 0 Å². The smallest absolute Gasteiger partial charge is 0.178 e. The molecule has 2 fully saturated rings. The molecular weight excluding hydrogens is 248 g/mol. The van der Waals surface area contributed by atoms with Crippen LogP contribution in [0.3, 0.4) is 0 Å². The minimum Gasteiger partial charge on any atom is -0.293 e. The number of nitrogens with zero attached hydrogens (tertiary/aromatic N) is 1. The van der Waals surface area contributed by atoms with Crippen LogP contribution in [0.2, 0.25) is 0 Å². The Bertz CT molecular complexity index is 498. The first-order chi connectivity index (χ1) is 9.83. The maximum absolute atomic E-state index is 11.5. The molecule has 3 nitrogen and oxygen atoms in total. The molecule has 0 atom stereocenters. The van der Waals surface area contributed by atoms with Crippen LogP contribution < -0.4 is 5.43 Å². The molecular formula is C17H22N2O. The van der Waals surface area contributed by atoms with Gasteiger partial charge in [-0.25, -0.2) is 0 Å². The topological polar surface area (TPSA) is 41.5 Å². The Hall–Kier alpha value is -1.64. The molecule has 1 aromatic carbocycles. The lowest BCUT2D eigenvalue weighted by Gasteiger charge is -2.22. The molecule has 0 spiro atoms. The van der Waals surface area contributed by atoms with Crippen LogP contribution in [0.1, 0.15) is 62.8 Å². The van der Waals surface area contributed by atoms with Crippen LogP contribution >= 0.6 is 0 Å². The zero-order chi connectivity index (χ0) is 13.8. The molecule has 0 radical (unpaired) electrons. The minimum absolute atomic E-state index is 0.191. The fourth-order valence-electron chi connectivity index (χ4n) is 3.22. The summed E-state index contributed by atoms with van der Waals surface area (Å²) in [5.41, 5.74) is 6.12. The fraction of sp³-hybridized carbons (Fsp3) is 0.529. The highest BCUT2D eigenvalue weighted by Gasteiger charge is 2.18. The van der Waals surface area contributed by atoms with Crippen molar-refractivity contribution in [2.24, 2.45) is 5.10 Å². The maximum Gasteiger partial charge on any atom is 0.178 e. The highest BCUT2D eigenvalue weighted by molar-refractivity contribution is 6.41. The lowest BCUT2D eigenvalue weighted by molar-refractivity contribution is -0.112. The highest BCUT2D eigenvalue weighted by atomic mass is 16.1. The molecule has 20 heavy (non-hydrogen) atoms. The molecule has 0 unspecified atom stereocenters. The molecule has 3 heteroatoms. The van der Waals surface area contributed by atoms with Crippen LogP contribution in [0, 0.1) is 0 Å². The summed E-state index contributed by atoms with van der Waals surface area (Å²) in [5.74, 6) is 0.928. The van der Waals surface area contributed by atoms with Crippen molar-refractivity contribution in [3.63, 3.8) is 0 Å². The van der Waals surface area contributed by atoms with E-state index in [0.29, 0.717) is 12.1 Å². The third kappa shape index (κ3) is 3.09. The van der Waals surface area contributed by atoms with E-state index in [0.717, 1.165) is 24.4 Å². The van der Waals surface area contributed by atoms with Gasteiger partial charge >= 0.3 is 0 Å². The highest BCUT2D eigenvalue weighted by Crippen LogP contribution is 2.32. The van der Waals surface area contributed by atoms with E-state index in [2.05, 4.69) is 34.8 Å². The van der Waals surface area contributed by atoms with Crippen LogP contribution in [-0.4, -0.2) is 11.5 Å². The Morgan fingerprint density at radius 3 is 2.35 bits per heavy atom. The first-order valence-corrected chi connectivity index (χ1v) is 7.78. The summed E-state index contributed by atoms with van der Waals surface area (Å²) in [5, 5.41) is 4.23. The van der Waals surface area contributed by atoms with E-state index in [9.17, 15) is 4.79 Å². The Kier molecular flexibility index (Phi) is 4.14. The van der Waals surface area contributed by atoms with Crippen LogP contribution in [0.5, 0.6) is 0 Å². The Morgan fingerprint density at radius 2 is 1.70 bits per heavy atom. The third-order valence-corrected chi connectivity index (χ3v) is 4.45. The van der Waals surface area contributed by atoms with E-state index < -0.39 is 0 Å². The van der Waals surface area contributed by atoms with E-state index in [4.69, 9.17) is 0 Å². The maximum atomic E-state index is 11.5. The first kappa shape index (κ1) is 13.3. The largest absolute Gasteiger partial charge is 0.293 e. The van der Waals surface area contributed by atoms with Gasteiger partial charge in [-0.1, -0.05) is 31.4 Å². The summed E-state index contributed by atoms with van der Waals surface area (Å²) >= 11 is 0. The number of nitrogens with one attached hydrogen (secondary N) is 1. The van der Waals surface area contributed by atoms with Gasteiger partial charge in [-0.3, -0.25) is 10.2 Å². The third-order valence-electron chi connectivity index (χ3n) is 4.45. The molecule has 0 heterocycles. The van der Waals surface area contributed by atoms with Gasteiger partial charge in [-0.2, -0.15) is 5.10 Å². The molecule has 2 aliphatic rings. The zero-order valence-corrected chi connectivity index (χ0v) is 11.9. The number of ketones is 1. The van der Waals surface area contributed by atoms with E-state index in [-0.39, 0.29) is 5.78 Å². The summed E-state index contributed by atoms with van der Waals surface area (Å²) in [6, 6.07) is 8.56. The number of hydrogen-bond acceptors (Lipinski definition) is 3.